The Balaban J connectivity index is 1.51. The molecule has 1 amide bonds. The standard InChI is InChI=1S/C22H21FN2O4S/c1-16-2-12-21(13-3-16)30(27,28)25-19-8-4-17(5-9-19)22(26)24-14-15-29-20-10-6-18(23)7-11-20/h2-13,25H,14-15H2,1H3,(H,24,26). The van der Waals surface area contributed by atoms with Gasteiger partial charge in [-0.1, -0.05) is 17.7 Å². The molecule has 2 N–H and O–H groups in total. The highest BCUT2D eigenvalue weighted by atomic mass is 32.2. The number of anilines is 1. The van der Waals surface area contributed by atoms with E-state index < -0.39 is 10.0 Å². The van der Waals surface area contributed by atoms with E-state index in [9.17, 15) is 17.6 Å². The summed E-state index contributed by atoms with van der Waals surface area (Å²) in [5, 5.41) is 2.70. The molecule has 3 aromatic rings. The van der Waals surface area contributed by atoms with Crippen molar-refractivity contribution < 1.29 is 22.3 Å². The topological polar surface area (TPSA) is 84.5 Å². The molecule has 0 radical (unpaired) electrons. The Bertz CT molecular complexity index is 1100. The highest BCUT2D eigenvalue weighted by Gasteiger charge is 2.14. The summed E-state index contributed by atoms with van der Waals surface area (Å²) in [6.45, 7) is 2.37. The van der Waals surface area contributed by atoms with E-state index in [1.807, 2.05) is 6.92 Å². The lowest BCUT2D eigenvalue weighted by Crippen LogP contribution is -2.28. The molecule has 0 bridgehead atoms. The number of hydrogen-bond donors (Lipinski definition) is 2. The molecule has 0 aliphatic carbocycles. The molecule has 3 rings (SSSR count). The molecule has 0 aliphatic heterocycles. The number of carbonyl (C=O) groups is 1. The van der Waals surface area contributed by atoms with Crippen LogP contribution in [0.5, 0.6) is 5.75 Å². The maximum absolute atomic E-state index is 12.8. The predicted octanol–water partition coefficient (Wildman–Crippen LogP) is 3.74. The van der Waals surface area contributed by atoms with E-state index in [4.69, 9.17) is 4.74 Å². The first-order chi connectivity index (χ1) is 14.3. The molecule has 8 heteroatoms. The van der Waals surface area contributed by atoms with Crippen molar-refractivity contribution in [1.29, 1.82) is 0 Å². The van der Waals surface area contributed by atoms with Crippen molar-refractivity contribution in [3.8, 4) is 5.75 Å². The summed E-state index contributed by atoms with van der Waals surface area (Å²) in [6.07, 6.45) is 0. The van der Waals surface area contributed by atoms with Gasteiger partial charge in [0.2, 0.25) is 0 Å². The first-order valence-electron chi connectivity index (χ1n) is 9.20. The average Bonchev–Trinajstić information content (AvgIpc) is 2.73. The van der Waals surface area contributed by atoms with Gasteiger partial charge in [0.1, 0.15) is 18.2 Å². The Labute approximate surface area is 174 Å². The number of carbonyl (C=O) groups excluding carboxylic acids is 1. The third-order valence-corrected chi connectivity index (χ3v) is 5.60. The van der Waals surface area contributed by atoms with E-state index in [-0.39, 0.29) is 29.8 Å². The molecular formula is C22H21FN2O4S. The summed E-state index contributed by atoms with van der Waals surface area (Å²) in [7, 11) is -3.70. The highest BCUT2D eigenvalue weighted by molar-refractivity contribution is 7.92. The first-order valence-corrected chi connectivity index (χ1v) is 10.7. The van der Waals surface area contributed by atoms with Gasteiger partial charge in [0.15, 0.2) is 0 Å². The molecule has 156 valence electrons. The zero-order valence-electron chi connectivity index (χ0n) is 16.3. The van der Waals surface area contributed by atoms with E-state index in [2.05, 4.69) is 10.0 Å². The summed E-state index contributed by atoms with van der Waals surface area (Å²) >= 11 is 0. The minimum absolute atomic E-state index is 0.163. The van der Waals surface area contributed by atoms with E-state index in [0.717, 1.165) is 5.56 Å². The fourth-order valence-corrected chi connectivity index (χ4v) is 3.65. The Hall–Kier alpha value is -3.39. The summed E-state index contributed by atoms with van der Waals surface area (Å²) in [5.41, 5.74) is 1.70. The van der Waals surface area contributed by atoms with Crippen molar-refractivity contribution in [2.75, 3.05) is 17.9 Å². The van der Waals surface area contributed by atoms with Crippen LogP contribution in [0.1, 0.15) is 15.9 Å². The van der Waals surface area contributed by atoms with E-state index in [0.29, 0.717) is 17.0 Å². The lowest BCUT2D eigenvalue weighted by atomic mass is 10.2. The number of halogens is 1. The molecule has 0 unspecified atom stereocenters. The quantitative estimate of drug-likeness (QED) is 0.536. The zero-order chi connectivity index (χ0) is 21.6. The number of aryl methyl sites for hydroxylation is 1. The second-order valence-electron chi connectivity index (χ2n) is 6.55. The average molecular weight is 428 g/mol. The van der Waals surface area contributed by atoms with E-state index in [1.54, 1.807) is 12.1 Å². The predicted molar refractivity (Wildman–Crippen MR) is 113 cm³/mol. The lowest BCUT2D eigenvalue weighted by molar-refractivity contribution is 0.0947. The third kappa shape index (κ3) is 5.81. The van der Waals surface area contributed by atoms with Gasteiger partial charge in [-0.2, -0.15) is 0 Å². The van der Waals surface area contributed by atoms with Crippen molar-refractivity contribution in [2.45, 2.75) is 11.8 Å². The lowest BCUT2D eigenvalue weighted by Gasteiger charge is -2.10. The molecule has 0 fully saturated rings. The monoisotopic (exact) mass is 428 g/mol. The molecule has 30 heavy (non-hydrogen) atoms. The number of benzene rings is 3. The maximum atomic E-state index is 12.8. The fourth-order valence-electron chi connectivity index (χ4n) is 2.59. The van der Waals surface area contributed by atoms with Gasteiger partial charge in [-0.3, -0.25) is 9.52 Å². The summed E-state index contributed by atoms with van der Waals surface area (Å²) < 4.78 is 45.6. The number of amides is 1. The van der Waals surface area contributed by atoms with Crippen LogP contribution >= 0.6 is 0 Å². The minimum atomic E-state index is -3.70. The number of ether oxygens (including phenoxy) is 1. The van der Waals surface area contributed by atoms with Crippen LogP contribution in [-0.2, 0) is 10.0 Å². The summed E-state index contributed by atoms with van der Waals surface area (Å²) in [5.74, 6) is -0.151. The number of hydrogen-bond acceptors (Lipinski definition) is 4. The van der Waals surface area contributed by atoms with Gasteiger partial charge >= 0.3 is 0 Å². The van der Waals surface area contributed by atoms with Crippen LogP contribution in [0.25, 0.3) is 0 Å². The number of nitrogens with one attached hydrogen (secondary N) is 2. The second-order valence-corrected chi connectivity index (χ2v) is 8.24. The molecule has 0 spiro atoms. The molecule has 0 atom stereocenters. The van der Waals surface area contributed by atoms with Gasteiger partial charge < -0.3 is 10.1 Å². The smallest absolute Gasteiger partial charge is 0.261 e. The van der Waals surface area contributed by atoms with Gasteiger partial charge in [-0.15, -0.1) is 0 Å². The van der Waals surface area contributed by atoms with Crippen LogP contribution in [0.3, 0.4) is 0 Å². The largest absolute Gasteiger partial charge is 0.492 e. The Kier molecular flexibility index (Phi) is 6.68. The Morgan fingerprint density at radius 2 is 1.57 bits per heavy atom. The van der Waals surface area contributed by atoms with Crippen LogP contribution in [0.15, 0.2) is 77.7 Å². The second kappa shape index (κ2) is 9.41. The molecular weight excluding hydrogens is 407 g/mol. The van der Waals surface area contributed by atoms with E-state index >= 15 is 0 Å². The molecule has 0 aromatic heterocycles. The molecule has 3 aromatic carbocycles. The van der Waals surface area contributed by atoms with Crippen molar-refractivity contribution in [1.82, 2.24) is 5.32 Å². The summed E-state index contributed by atoms with van der Waals surface area (Å²) in [6, 6.07) is 18.2. The third-order valence-electron chi connectivity index (χ3n) is 4.20. The normalized spacial score (nSPS) is 11.0. The van der Waals surface area contributed by atoms with Crippen molar-refractivity contribution in [3.63, 3.8) is 0 Å². The molecule has 0 heterocycles. The van der Waals surface area contributed by atoms with E-state index in [1.165, 1.54) is 60.7 Å². The van der Waals surface area contributed by atoms with Crippen LogP contribution in [0.2, 0.25) is 0 Å². The Morgan fingerprint density at radius 3 is 2.20 bits per heavy atom. The van der Waals surface area contributed by atoms with Crippen molar-refractivity contribution in [3.05, 3.63) is 89.7 Å². The van der Waals surface area contributed by atoms with Gasteiger partial charge in [0, 0.05) is 11.3 Å². The van der Waals surface area contributed by atoms with Crippen molar-refractivity contribution in [2.24, 2.45) is 0 Å². The Morgan fingerprint density at radius 1 is 0.933 bits per heavy atom. The zero-order valence-corrected chi connectivity index (χ0v) is 17.1. The SMILES string of the molecule is Cc1ccc(S(=O)(=O)Nc2ccc(C(=O)NCCOc3ccc(F)cc3)cc2)cc1. The summed E-state index contributed by atoms with van der Waals surface area (Å²) in [4.78, 5) is 12.4. The first kappa shape index (κ1) is 21.3. The van der Waals surface area contributed by atoms with Crippen LogP contribution in [0, 0.1) is 12.7 Å². The molecule has 6 nitrogen and oxygen atoms in total. The number of sulfonamides is 1. The fraction of sp³-hybridized carbons (Fsp3) is 0.136. The molecule has 0 saturated carbocycles. The van der Waals surface area contributed by atoms with Gasteiger partial charge in [0.25, 0.3) is 15.9 Å². The highest BCUT2D eigenvalue weighted by Crippen LogP contribution is 2.17. The van der Waals surface area contributed by atoms with Gasteiger partial charge in [0.05, 0.1) is 11.4 Å². The van der Waals surface area contributed by atoms with Gasteiger partial charge in [-0.05, 0) is 67.6 Å². The maximum Gasteiger partial charge on any atom is 0.261 e. The minimum Gasteiger partial charge on any atom is -0.492 e. The molecule has 0 saturated heterocycles. The van der Waals surface area contributed by atoms with Crippen LogP contribution in [0.4, 0.5) is 10.1 Å². The van der Waals surface area contributed by atoms with Crippen molar-refractivity contribution >= 4 is 21.6 Å². The van der Waals surface area contributed by atoms with Crippen LogP contribution < -0.4 is 14.8 Å². The number of rotatable bonds is 8. The van der Waals surface area contributed by atoms with Crippen LogP contribution in [-0.4, -0.2) is 27.5 Å². The molecule has 0 aliphatic rings. The van der Waals surface area contributed by atoms with Gasteiger partial charge in [-0.25, -0.2) is 12.8 Å².